The Kier molecular flexibility index (Phi) is 4.77. The number of aromatic nitrogens is 2. The Bertz CT molecular complexity index is 548. The molecule has 0 atom stereocenters. The minimum atomic E-state index is -2.89. The van der Waals surface area contributed by atoms with Crippen LogP contribution in [-0.4, -0.2) is 56.6 Å². The largest absolute Gasteiger partial charge is 0.374 e. The van der Waals surface area contributed by atoms with Crippen molar-refractivity contribution in [3.8, 4) is 0 Å². The molecule has 7 nitrogen and oxygen atoms in total. The fraction of sp³-hybridized carbons (Fsp3) is 0.667. The van der Waals surface area contributed by atoms with E-state index in [0.29, 0.717) is 37.9 Å². The Balaban J connectivity index is 2.18. The Morgan fingerprint density at radius 2 is 2.05 bits per heavy atom. The van der Waals surface area contributed by atoms with Crippen LogP contribution in [0.15, 0.2) is 6.07 Å². The number of rotatable bonds is 5. The van der Waals surface area contributed by atoms with E-state index >= 15 is 0 Å². The van der Waals surface area contributed by atoms with E-state index < -0.39 is 9.84 Å². The van der Waals surface area contributed by atoms with Crippen LogP contribution in [0.3, 0.4) is 0 Å². The Labute approximate surface area is 119 Å². The van der Waals surface area contributed by atoms with Crippen molar-refractivity contribution in [3.05, 3.63) is 11.9 Å². The molecule has 0 unspecified atom stereocenters. The molecule has 0 aliphatic carbocycles. The summed E-state index contributed by atoms with van der Waals surface area (Å²) in [5.74, 6) is 2.40. The number of nitrogens with zero attached hydrogens (tertiary/aromatic N) is 3. The van der Waals surface area contributed by atoms with Gasteiger partial charge in [-0.3, -0.25) is 0 Å². The molecule has 0 amide bonds. The van der Waals surface area contributed by atoms with E-state index in [1.54, 1.807) is 7.05 Å². The zero-order chi connectivity index (χ0) is 14.6. The molecule has 0 aromatic carbocycles. The van der Waals surface area contributed by atoms with Gasteiger partial charge in [0.05, 0.1) is 11.5 Å². The molecule has 1 aliphatic rings. The van der Waals surface area contributed by atoms with Gasteiger partial charge >= 0.3 is 0 Å². The van der Waals surface area contributed by atoms with E-state index in [-0.39, 0.29) is 11.5 Å². The van der Waals surface area contributed by atoms with Crippen molar-refractivity contribution >= 4 is 21.5 Å². The van der Waals surface area contributed by atoms with Crippen LogP contribution in [0.25, 0.3) is 0 Å². The van der Waals surface area contributed by atoms with E-state index in [1.807, 2.05) is 17.9 Å². The van der Waals surface area contributed by atoms with E-state index in [2.05, 4.69) is 15.3 Å². The number of ether oxygens (including phenoxy) is 1. The maximum absolute atomic E-state index is 11.5. The average molecular weight is 300 g/mol. The molecule has 1 fully saturated rings. The van der Waals surface area contributed by atoms with Crippen LogP contribution in [0.2, 0.25) is 0 Å². The molecular weight excluding hydrogens is 280 g/mol. The summed E-state index contributed by atoms with van der Waals surface area (Å²) in [5.41, 5.74) is 0. The van der Waals surface area contributed by atoms with E-state index in [9.17, 15) is 8.42 Å². The quantitative estimate of drug-likeness (QED) is 0.836. The van der Waals surface area contributed by atoms with Crippen LogP contribution in [0.5, 0.6) is 0 Å². The minimum Gasteiger partial charge on any atom is -0.374 e. The summed E-state index contributed by atoms with van der Waals surface area (Å²) < 4.78 is 28.3. The smallest absolute Gasteiger partial charge is 0.158 e. The maximum Gasteiger partial charge on any atom is 0.158 e. The predicted octanol–water partition coefficient (Wildman–Crippen LogP) is 0.290. The first kappa shape index (κ1) is 15.0. The van der Waals surface area contributed by atoms with Crippen LogP contribution >= 0.6 is 0 Å². The number of sulfone groups is 1. The minimum absolute atomic E-state index is 0.173. The number of hydrogen-bond acceptors (Lipinski definition) is 7. The highest BCUT2D eigenvalue weighted by Gasteiger charge is 2.23. The van der Waals surface area contributed by atoms with Gasteiger partial charge in [0.25, 0.3) is 0 Å². The lowest BCUT2D eigenvalue weighted by molar-refractivity contribution is 0.128. The van der Waals surface area contributed by atoms with Crippen LogP contribution in [0.4, 0.5) is 11.6 Å². The van der Waals surface area contributed by atoms with Crippen molar-refractivity contribution in [2.24, 2.45) is 0 Å². The van der Waals surface area contributed by atoms with Crippen molar-refractivity contribution in [1.82, 2.24) is 9.97 Å². The Hall–Kier alpha value is -1.41. The monoisotopic (exact) mass is 300 g/mol. The third-order valence-electron chi connectivity index (χ3n) is 3.12. The molecular formula is C12H20N4O3S. The molecule has 0 spiro atoms. The van der Waals surface area contributed by atoms with Gasteiger partial charge in [0, 0.05) is 32.8 Å². The number of hydrogen-bond donors (Lipinski definition) is 1. The Morgan fingerprint density at radius 3 is 2.65 bits per heavy atom. The molecule has 20 heavy (non-hydrogen) atoms. The van der Waals surface area contributed by atoms with Gasteiger partial charge in [-0.2, -0.15) is 0 Å². The Morgan fingerprint density at radius 1 is 1.35 bits per heavy atom. The first-order valence-corrected chi connectivity index (χ1v) is 8.45. The summed E-state index contributed by atoms with van der Waals surface area (Å²) in [6.45, 7) is 3.81. The topological polar surface area (TPSA) is 84.4 Å². The molecule has 0 saturated carbocycles. The second-order valence-electron chi connectivity index (χ2n) is 4.55. The van der Waals surface area contributed by atoms with Gasteiger partial charge < -0.3 is 15.0 Å². The molecule has 8 heteroatoms. The van der Waals surface area contributed by atoms with Crippen LogP contribution in [0.1, 0.15) is 12.7 Å². The summed E-state index contributed by atoms with van der Waals surface area (Å²) in [4.78, 5) is 10.7. The highest BCUT2D eigenvalue weighted by molar-refractivity contribution is 7.91. The third kappa shape index (κ3) is 3.80. The van der Waals surface area contributed by atoms with Gasteiger partial charge in [0.1, 0.15) is 18.2 Å². The van der Waals surface area contributed by atoms with Crippen molar-refractivity contribution in [2.75, 3.05) is 48.5 Å². The SMILES string of the molecule is CCOCc1nc(NC)cc(N2CCS(=O)(=O)CC2)n1. The first-order valence-electron chi connectivity index (χ1n) is 6.63. The zero-order valence-electron chi connectivity index (χ0n) is 11.8. The van der Waals surface area contributed by atoms with Gasteiger partial charge in [-0.1, -0.05) is 0 Å². The van der Waals surface area contributed by atoms with Crippen LogP contribution in [0, 0.1) is 0 Å². The number of anilines is 2. The van der Waals surface area contributed by atoms with Gasteiger partial charge in [-0.05, 0) is 6.92 Å². The van der Waals surface area contributed by atoms with Gasteiger partial charge in [0.15, 0.2) is 15.7 Å². The maximum atomic E-state index is 11.5. The summed E-state index contributed by atoms with van der Waals surface area (Å²) in [6, 6.07) is 1.83. The lowest BCUT2D eigenvalue weighted by atomic mass is 10.4. The molecule has 112 valence electrons. The van der Waals surface area contributed by atoms with E-state index in [0.717, 1.165) is 5.82 Å². The molecule has 0 radical (unpaired) electrons. The van der Waals surface area contributed by atoms with Crippen LogP contribution < -0.4 is 10.2 Å². The van der Waals surface area contributed by atoms with Crippen molar-refractivity contribution in [2.45, 2.75) is 13.5 Å². The third-order valence-corrected chi connectivity index (χ3v) is 4.73. The summed E-state index contributed by atoms with van der Waals surface area (Å²) >= 11 is 0. The lowest BCUT2D eigenvalue weighted by Gasteiger charge is -2.28. The number of nitrogens with one attached hydrogen (secondary N) is 1. The van der Waals surface area contributed by atoms with Crippen molar-refractivity contribution in [1.29, 1.82) is 0 Å². The first-order chi connectivity index (χ1) is 9.54. The molecule has 1 aromatic heterocycles. The van der Waals surface area contributed by atoms with E-state index in [4.69, 9.17) is 4.74 Å². The fourth-order valence-electron chi connectivity index (χ4n) is 1.97. The molecule has 1 aromatic rings. The highest BCUT2D eigenvalue weighted by Crippen LogP contribution is 2.18. The second-order valence-corrected chi connectivity index (χ2v) is 6.86. The van der Waals surface area contributed by atoms with Gasteiger partial charge in [-0.15, -0.1) is 0 Å². The standard InChI is InChI=1S/C12H20N4O3S/c1-3-19-9-11-14-10(13-2)8-12(15-11)16-4-6-20(17,18)7-5-16/h8H,3-7,9H2,1-2H3,(H,13,14,15). The van der Waals surface area contributed by atoms with Gasteiger partial charge in [0.2, 0.25) is 0 Å². The van der Waals surface area contributed by atoms with E-state index in [1.165, 1.54) is 0 Å². The van der Waals surface area contributed by atoms with Crippen LogP contribution in [-0.2, 0) is 21.2 Å². The molecule has 1 N–H and O–H groups in total. The molecule has 2 heterocycles. The average Bonchev–Trinajstić information content (AvgIpc) is 2.44. The zero-order valence-corrected chi connectivity index (χ0v) is 12.6. The van der Waals surface area contributed by atoms with Crippen molar-refractivity contribution < 1.29 is 13.2 Å². The normalized spacial score (nSPS) is 18.0. The molecule has 0 bridgehead atoms. The molecule has 1 aliphatic heterocycles. The fourth-order valence-corrected chi connectivity index (χ4v) is 3.17. The summed E-state index contributed by atoms with van der Waals surface area (Å²) in [5, 5.41) is 2.99. The second kappa shape index (κ2) is 6.36. The van der Waals surface area contributed by atoms with Crippen molar-refractivity contribution in [3.63, 3.8) is 0 Å². The molecule has 2 rings (SSSR count). The lowest BCUT2D eigenvalue weighted by Crippen LogP contribution is -2.40. The summed E-state index contributed by atoms with van der Waals surface area (Å²) in [7, 11) is -1.10. The predicted molar refractivity (Wildman–Crippen MR) is 77.8 cm³/mol. The summed E-state index contributed by atoms with van der Waals surface area (Å²) in [6.07, 6.45) is 0. The molecule has 1 saturated heterocycles. The van der Waals surface area contributed by atoms with Gasteiger partial charge in [-0.25, -0.2) is 18.4 Å². The highest BCUT2D eigenvalue weighted by atomic mass is 32.2.